The average molecular weight is 300 g/mol. The quantitative estimate of drug-likeness (QED) is 0.803. The Balaban J connectivity index is 1.91. The van der Waals surface area contributed by atoms with E-state index in [0.717, 1.165) is 36.5 Å². The predicted octanol–water partition coefficient (Wildman–Crippen LogP) is 1.70. The Labute approximate surface area is 129 Å². The number of nitrogens with zero attached hydrogens (tertiary/aromatic N) is 2. The van der Waals surface area contributed by atoms with E-state index in [1.165, 1.54) is 0 Å². The van der Waals surface area contributed by atoms with Crippen molar-refractivity contribution < 1.29 is 9.90 Å². The van der Waals surface area contributed by atoms with E-state index in [1.54, 1.807) is 25.6 Å². The van der Waals surface area contributed by atoms with Gasteiger partial charge in [0.2, 0.25) is 0 Å². The Morgan fingerprint density at radius 1 is 1.27 bits per heavy atom. The van der Waals surface area contributed by atoms with Gasteiger partial charge in [-0.05, 0) is 18.9 Å². The number of anilines is 1. The van der Waals surface area contributed by atoms with Crippen LogP contribution >= 0.6 is 0 Å². The fourth-order valence-electron chi connectivity index (χ4n) is 2.99. The molecule has 2 aromatic heterocycles. The predicted molar refractivity (Wildman–Crippen MR) is 84.8 cm³/mol. The molecule has 1 saturated carbocycles. The van der Waals surface area contributed by atoms with Crippen molar-refractivity contribution in [2.75, 3.05) is 12.4 Å². The van der Waals surface area contributed by atoms with Gasteiger partial charge in [0, 0.05) is 36.4 Å². The molecule has 0 saturated heterocycles. The molecule has 0 aliphatic heterocycles. The molecule has 3 N–H and O–H groups in total. The highest BCUT2D eigenvalue weighted by Crippen LogP contribution is 2.24. The molecular formula is C16H20N4O2. The van der Waals surface area contributed by atoms with Gasteiger partial charge in [-0.2, -0.15) is 0 Å². The number of nitrogens with one attached hydrogen (secondary N) is 2. The molecule has 116 valence electrons. The van der Waals surface area contributed by atoms with Crippen LogP contribution in [0.4, 0.5) is 5.82 Å². The number of carbonyl (C=O) groups is 1. The minimum atomic E-state index is -0.463. The first-order valence-corrected chi connectivity index (χ1v) is 7.60. The van der Waals surface area contributed by atoms with Crippen molar-refractivity contribution >= 4 is 22.5 Å². The van der Waals surface area contributed by atoms with Gasteiger partial charge in [0.15, 0.2) is 0 Å². The zero-order valence-electron chi connectivity index (χ0n) is 12.5. The third-order valence-electron chi connectivity index (χ3n) is 4.22. The summed E-state index contributed by atoms with van der Waals surface area (Å²) in [6.45, 7) is 0. The number of hydrogen-bond donors (Lipinski definition) is 3. The van der Waals surface area contributed by atoms with Gasteiger partial charge in [0.1, 0.15) is 5.82 Å². The fourth-order valence-corrected chi connectivity index (χ4v) is 2.99. The minimum absolute atomic E-state index is 0.179. The second kappa shape index (κ2) is 6.27. The van der Waals surface area contributed by atoms with E-state index in [9.17, 15) is 9.90 Å². The third-order valence-corrected chi connectivity index (χ3v) is 4.22. The fraction of sp³-hybridized carbons (Fsp3) is 0.438. The summed E-state index contributed by atoms with van der Waals surface area (Å²) in [7, 11) is 1.78. The van der Waals surface area contributed by atoms with Gasteiger partial charge in [0.05, 0.1) is 17.7 Å². The molecule has 2 heterocycles. The first-order valence-electron chi connectivity index (χ1n) is 7.60. The number of carbonyl (C=O) groups excluding carboxylic acids is 1. The molecular weight excluding hydrogens is 280 g/mol. The molecule has 6 heteroatoms. The largest absolute Gasteiger partial charge is 0.391 e. The SMILES string of the molecule is CNc1ncc(C(=O)N[C@@H]2CCCC[C@H]2O)c2ccncc12. The zero-order chi connectivity index (χ0) is 15.5. The van der Waals surface area contributed by atoms with Crippen molar-refractivity contribution in [2.24, 2.45) is 0 Å². The van der Waals surface area contributed by atoms with Crippen LogP contribution in [0, 0.1) is 0 Å². The monoisotopic (exact) mass is 300 g/mol. The molecule has 0 spiro atoms. The van der Waals surface area contributed by atoms with Crippen LogP contribution in [0.3, 0.4) is 0 Å². The van der Waals surface area contributed by atoms with Crippen molar-refractivity contribution in [3.8, 4) is 0 Å². The maximum atomic E-state index is 12.6. The van der Waals surface area contributed by atoms with Crippen molar-refractivity contribution in [1.29, 1.82) is 0 Å². The van der Waals surface area contributed by atoms with E-state index >= 15 is 0 Å². The van der Waals surface area contributed by atoms with E-state index in [-0.39, 0.29) is 11.9 Å². The Morgan fingerprint density at radius 2 is 2.09 bits per heavy atom. The van der Waals surface area contributed by atoms with Crippen molar-refractivity contribution in [3.63, 3.8) is 0 Å². The van der Waals surface area contributed by atoms with Crippen LogP contribution in [0.1, 0.15) is 36.0 Å². The van der Waals surface area contributed by atoms with Crippen molar-refractivity contribution in [3.05, 3.63) is 30.2 Å². The van der Waals surface area contributed by atoms with E-state index in [1.807, 2.05) is 6.07 Å². The number of aromatic nitrogens is 2. The van der Waals surface area contributed by atoms with Gasteiger partial charge in [-0.1, -0.05) is 12.8 Å². The minimum Gasteiger partial charge on any atom is -0.391 e. The van der Waals surface area contributed by atoms with Gasteiger partial charge < -0.3 is 15.7 Å². The topological polar surface area (TPSA) is 87.1 Å². The summed E-state index contributed by atoms with van der Waals surface area (Å²) in [6, 6.07) is 1.63. The molecule has 0 aromatic carbocycles. The molecule has 0 bridgehead atoms. The van der Waals surface area contributed by atoms with Crippen LogP contribution in [0.2, 0.25) is 0 Å². The smallest absolute Gasteiger partial charge is 0.253 e. The second-order valence-corrected chi connectivity index (χ2v) is 5.62. The first kappa shape index (κ1) is 14.7. The number of hydrogen-bond acceptors (Lipinski definition) is 5. The molecule has 1 fully saturated rings. The standard InChI is InChI=1S/C16H20N4O2/c1-17-15-11-8-18-7-6-10(11)12(9-19-15)16(22)20-13-4-2-3-5-14(13)21/h6-9,13-14,21H,2-5H2,1H3,(H,17,19)(H,20,22)/t13-,14-/m1/s1. The lowest BCUT2D eigenvalue weighted by atomic mass is 9.92. The van der Waals surface area contributed by atoms with E-state index in [0.29, 0.717) is 11.4 Å². The lowest BCUT2D eigenvalue weighted by Crippen LogP contribution is -2.45. The molecule has 0 radical (unpaired) electrons. The summed E-state index contributed by atoms with van der Waals surface area (Å²) in [6.07, 6.45) is 8.06. The summed E-state index contributed by atoms with van der Waals surface area (Å²) < 4.78 is 0. The van der Waals surface area contributed by atoms with Gasteiger partial charge in [-0.15, -0.1) is 0 Å². The number of fused-ring (bicyclic) bond motifs is 1. The molecule has 22 heavy (non-hydrogen) atoms. The molecule has 2 atom stereocenters. The van der Waals surface area contributed by atoms with Crippen LogP contribution in [0.25, 0.3) is 10.8 Å². The van der Waals surface area contributed by atoms with Crippen molar-refractivity contribution in [2.45, 2.75) is 37.8 Å². The summed E-state index contributed by atoms with van der Waals surface area (Å²) in [5.41, 5.74) is 0.508. The molecule has 1 aliphatic carbocycles. The highest BCUT2D eigenvalue weighted by atomic mass is 16.3. The molecule has 0 unspecified atom stereocenters. The number of pyridine rings is 2. The molecule has 1 amide bonds. The highest BCUT2D eigenvalue weighted by Gasteiger charge is 2.25. The van der Waals surface area contributed by atoms with E-state index < -0.39 is 6.10 Å². The zero-order valence-corrected chi connectivity index (χ0v) is 12.5. The lowest BCUT2D eigenvalue weighted by molar-refractivity contribution is 0.0718. The number of amides is 1. The lowest BCUT2D eigenvalue weighted by Gasteiger charge is -2.28. The second-order valence-electron chi connectivity index (χ2n) is 5.62. The summed E-state index contributed by atoms with van der Waals surface area (Å²) >= 11 is 0. The third kappa shape index (κ3) is 2.74. The van der Waals surface area contributed by atoms with E-state index in [2.05, 4.69) is 20.6 Å². The van der Waals surface area contributed by atoms with Gasteiger partial charge in [-0.25, -0.2) is 4.98 Å². The molecule has 2 aromatic rings. The van der Waals surface area contributed by atoms with Gasteiger partial charge in [-0.3, -0.25) is 9.78 Å². The van der Waals surface area contributed by atoms with Crippen molar-refractivity contribution in [1.82, 2.24) is 15.3 Å². The maximum Gasteiger partial charge on any atom is 0.253 e. The first-order chi connectivity index (χ1) is 10.7. The van der Waals surface area contributed by atoms with Crippen LogP contribution in [-0.4, -0.2) is 40.2 Å². The van der Waals surface area contributed by atoms with Crippen LogP contribution < -0.4 is 10.6 Å². The number of aliphatic hydroxyl groups excluding tert-OH is 1. The van der Waals surface area contributed by atoms with Gasteiger partial charge in [0.25, 0.3) is 5.91 Å². The Morgan fingerprint density at radius 3 is 2.86 bits per heavy atom. The molecule has 1 aliphatic rings. The Hall–Kier alpha value is -2.21. The van der Waals surface area contributed by atoms with E-state index in [4.69, 9.17) is 0 Å². The maximum absolute atomic E-state index is 12.6. The number of rotatable bonds is 3. The Bertz CT molecular complexity index is 689. The van der Waals surface area contributed by atoms with Gasteiger partial charge >= 0.3 is 0 Å². The average Bonchev–Trinajstić information content (AvgIpc) is 2.56. The molecule has 3 rings (SSSR count). The summed E-state index contributed by atoms with van der Waals surface area (Å²) in [4.78, 5) is 21.0. The normalized spacial score (nSPS) is 21.5. The number of aliphatic hydroxyl groups is 1. The summed E-state index contributed by atoms with van der Waals surface area (Å²) in [5, 5.41) is 17.6. The highest BCUT2D eigenvalue weighted by molar-refractivity contribution is 6.09. The van der Waals surface area contributed by atoms with Crippen LogP contribution in [-0.2, 0) is 0 Å². The Kier molecular flexibility index (Phi) is 4.20. The van der Waals surface area contributed by atoms with Crippen LogP contribution in [0.15, 0.2) is 24.7 Å². The summed E-state index contributed by atoms with van der Waals surface area (Å²) in [5.74, 6) is 0.495. The van der Waals surface area contributed by atoms with Crippen LogP contribution in [0.5, 0.6) is 0 Å². The molecule has 6 nitrogen and oxygen atoms in total.